The summed E-state index contributed by atoms with van der Waals surface area (Å²) in [5, 5.41) is 0. The molecule has 2 N–H and O–H groups in total. The van der Waals surface area contributed by atoms with E-state index < -0.39 is 0 Å². The Balaban J connectivity index is 1.53. The Morgan fingerprint density at radius 3 is 1.59 bits per heavy atom. The zero-order valence-corrected chi connectivity index (χ0v) is 15.0. The first-order valence-corrected chi connectivity index (χ1v) is 9.08. The van der Waals surface area contributed by atoms with E-state index in [-0.39, 0.29) is 0 Å². The molecule has 0 unspecified atom stereocenters. The minimum Gasteiger partial charge on any atom is -0.398 e. The second-order valence-electron chi connectivity index (χ2n) is 6.53. The van der Waals surface area contributed by atoms with Crippen molar-refractivity contribution < 1.29 is 0 Å². The molecule has 0 atom stereocenters. The smallest absolute Gasteiger partial charge is 0.0393 e. The quantitative estimate of drug-likeness (QED) is 0.320. The maximum atomic E-state index is 6.27. The van der Waals surface area contributed by atoms with Crippen molar-refractivity contribution in [2.45, 2.75) is 0 Å². The van der Waals surface area contributed by atoms with Gasteiger partial charge in [0, 0.05) is 5.69 Å². The first-order valence-electron chi connectivity index (χ1n) is 9.08. The van der Waals surface area contributed by atoms with Crippen LogP contribution in [0.2, 0.25) is 0 Å². The Hall–Kier alpha value is -3.58. The van der Waals surface area contributed by atoms with Gasteiger partial charge in [-0.05, 0) is 39.4 Å². The molecule has 0 aromatic heterocycles. The summed E-state index contributed by atoms with van der Waals surface area (Å²) in [6.45, 7) is 0. The van der Waals surface area contributed by atoms with Crippen LogP contribution in [0.5, 0.6) is 0 Å². The molecular weight excluding hydrogens is 326 g/mol. The molecule has 1 heteroatoms. The average Bonchev–Trinajstić information content (AvgIpc) is 2.74. The van der Waals surface area contributed by atoms with Gasteiger partial charge in [0.25, 0.3) is 0 Å². The van der Waals surface area contributed by atoms with Gasteiger partial charge in [0.15, 0.2) is 0 Å². The fourth-order valence-electron chi connectivity index (χ4n) is 3.14. The van der Waals surface area contributed by atoms with Gasteiger partial charge in [-0.1, -0.05) is 109 Å². The van der Waals surface area contributed by atoms with Gasteiger partial charge < -0.3 is 5.73 Å². The summed E-state index contributed by atoms with van der Waals surface area (Å²) in [7, 11) is 0. The predicted molar refractivity (Wildman–Crippen MR) is 117 cm³/mol. The maximum Gasteiger partial charge on any atom is 0.0393 e. The molecule has 0 heterocycles. The normalized spacial score (nSPS) is 11.0. The SMILES string of the molecule is Nc1cc(-c2ccccc2)ccc1C=Cc1ccc(-c2ccccc2)cc1. The highest BCUT2D eigenvalue weighted by Crippen LogP contribution is 2.25. The third-order valence-corrected chi connectivity index (χ3v) is 4.67. The van der Waals surface area contributed by atoms with E-state index in [1.165, 1.54) is 16.7 Å². The van der Waals surface area contributed by atoms with Gasteiger partial charge in [-0.25, -0.2) is 0 Å². The van der Waals surface area contributed by atoms with Gasteiger partial charge in [-0.2, -0.15) is 0 Å². The summed E-state index contributed by atoms with van der Waals surface area (Å²) in [6.07, 6.45) is 4.17. The van der Waals surface area contributed by atoms with Crippen molar-refractivity contribution in [3.8, 4) is 22.3 Å². The first-order chi connectivity index (χ1) is 13.3. The summed E-state index contributed by atoms with van der Waals surface area (Å²) in [6, 6.07) is 35.5. The monoisotopic (exact) mass is 347 g/mol. The zero-order chi connectivity index (χ0) is 18.5. The fourth-order valence-corrected chi connectivity index (χ4v) is 3.14. The van der Waals surface area contributed by atoms with Crippen LogP contribution in [0.25, 0.3) is 34.4 Å². The molecule has 27 heavy (non-hydrogen) atoms. The topological polar surface area (TPSA) is 26.0 Å². The van der Waals surface area contributed by atoms with Gasteiger partial charge in [0.2, 0.25) is 0 Å². The Morgan fingerprint density at radius 2 is 1.00 bits per heavy atom. The van der Waals surface area contributed by atoms with Crippen LogP contribution in [-0.4, -0.2) is 0 Å². The van der Waals surface area contributed by atoms with Gasteiger partial charge in [0.05, 0.1) is 0 Å². The second kappa shape index (κ2) is 7.76. The lowest BCUT2D eigenvalue weighted by molar-refractivity contribution is 1.59. The van der Waals surface area contributed by atoms with E-state index >= 15 is 0 Å². The van der Waals surface area contributed by atoms with E-state index in [4.69, 9.17) is 5.73 Å². The van der Waals surface area contributed by atoms with E-state index in [0.29, 0.717) is 0 Å². The molecular formula is C26H21N. The third-order valence-electron chi connectivity index (χ3n) is 4.67. The first kappa shape index (κ1) is 16.9. The Labute approximate surface area is 160 Å². The molecule has 0 saturated carbocycles. The highest BCUT2D eigenvalue weighted by Gasteiger charge is 2.01. The molecule has 0 radical (unpaired) electrons. The van der Waals surface area contributed by atoms with Crippen LogP contribution < -0.4 is 5.73 Å². The molecule has 0 fully saturated rings. The number of nitrogen functional groups attached to an aromatic ring is 1. The van der Waals surface area contributed by atoms with Crippen LogP contribution in [0.4, 0.5) is 5.69 Å². The third kappa shape index (κ3) is 3.99. The van der Waals surface area contributed by atoms with Crippen LogP contribution >= 0.6 is 0 Å². The fraction of sp³-hybridized carbons (Fsp3) is 0. The van der Waals surface area contributed by atoms with E-state index in [1.54, 1.807) is 0 Å². The summed E-state index contributed by atoms with van der Waals surface area (Å²) in [5.41, 5.74) is 14.0. The van der Waals surface area contributed by atoms with Crippen molar-refractivity contribution in [2.75, 3.05) is 5.73 Å². The maximum absolute atomic E-state index is 6.27. The molecule has 4 aromatic carbocycles. The molecule has 0 bridgehead atoms. The number of rotatable bonds is 4. The highest BCUT2D eigenvalue weighted by molar-refractivity contribution is 5.80. The molecule has 0 amide bonds. The van der Waals surface area contributed by atoms with E-state index in [1.807, 2.05) is 30.3 Å². The van der Waals surface area contributed by atoms with Crippen LogP contribution in [0.1, 0.15) is 11.1 Å². The molecule has 0 aliphatic heterocycles. The Bertz CT molecular complexity index is 1050. The molecule has 4 rings (SSSR count). The van der Waals surface area contributed by atoms with Crippen molar-refractivity contribution in [3.63, 3.8) is 0 Å². The lowest BCUT2D eigenvalue weighted by Gasteiger charge is -2.06. The summed E-state index contributed by atoms with van der Waals surface area (Å²) < 4.78 is 0. The average molecular weight is 347 g/mol. The van der Waals surface area contributed by atoms with Gasteiger partial charge in [0.1, 0.15) is 0 Å². The van der Waals surface area contributed by atoms with Gasteiger partial charge >= 0.3 is 0 Å². The molecule has 0 aliphatic carbocycles. The molecule has 1 nitrogen and oxygen atoms in total. The van der Waals surface area contributed by atoms with Crippen LogP contribution in [0, 0.1) is 0 Å². The summed E-state index contributed by atoms with van der Waals surface area (Å²) in [4.78, 5) is 0. The van der Waals surface area contributed by atoms with Crippen molar-refractivity contribution in [1.82, 2.24) is 0 Å². The largest absolute Gasteiger partial charge is 0.398 e. The van der Waals surface area contributed by atoms with E-state index in [0.717, 1.165) is 22.4 Å². The van der Waals surface area contributed by atoms with Gasteiger partial charge in [-0.15, -0.1) is 0 Å². The highest BCUT2D eigenvalue weighted by atomic mass is 14.6. The predicted octanol–water partition coefficient (Wildman–Crippen LogP) is 6.77. The molecule has 0 spiro atoms. The minimum absolute atomic E-state index is 0.786. The molecule has 4 aromatic rings. The zero-order valence-electron chi connectivity index (χ0n) is 15.0. The molecule has 0 saturated heterocycles. The van der Waals surface area contributed by atoms with Crippen molar-refractivity contribution in [1.29, 1.82) is 0 Å². The summed E-state index contributed by atoms with van der Waals surface area (Å²) in [5.74, 6) is 0. The lowest BCUT2D eigenvalue weighted by Crippen LogP contribution is -1.90. The number of nitrogens with two attached hydrogens (primary N) is 1. The van der Waals surface area contributed by atoms with Crippen molar-refractivity contribution in [2.24, 2.45) is 0 Å². The second-order valence-corrected chi connectivity index (χ2v) is 6.53. The standard InChI is InChI=1S/C26H21N/c27-26-19-25(22-9-5-2-6-10-22)18-17-24(26)16-13-20-11-14-23(15-12-20)21-7-3-1-4-8-21/h1-19H,27H2. The summed E-state index contributed by atoms with van der Waals surface area (Å²) >= 11 is 0. The Morgan fingerprint density at radius 1 is 0.481 bits per heavy atom. The van der Waals surface area contributed by atoms with Crippen molar-refractivity contribution >= 4 is 17.8 Å². The minimum atomic E-state index is 0.786. The van der Waals surface area contributed by atoms with Crippen LogP contribution in [0.3, 0.4) is 0 Å². The molecule has 0 aliphatic rings. The number of hydrogen-bond donors (Lipinski definition) is 1. The van der Waals surface area contributed by atoms with Crippen molar-refractivity contribution in [3.05, 3.63) is 114 Å². The van der Waals surface area contributed by atoms with Gasteiger partial charge in [-0.3, -0.25) is 0 Å². The number of hydrogen-bond acceptors (Lipinski definition) is 1. The molecule has 130 valence electrons. The number of anilines is 1. The van der Waals surface area contributed by atoms with Crippen LogP contribution in [-0.2, 0) is 0 Å². The Kier molecular flexibility index (Phi) is 4.84. The van der Waals surface area contributed by atoms with E-state index in [9.17, 15) is 0 Å². The van der Waals surface area contributed by atoms with Crippen LogP contribution in [0.15, 0.2) is 103 Å². The lowest BCUT2D eigenvalue weighted by atomic mass is 10.0. The number of benzene rings is 4. The van der Waals surface area contributed by atoms with E-state index in [2.05, 4.69) is 84.9 Å².